The number of hydrogen-bond donors (Lipinski definition) is 0. The van der Waals surface area contributed by atoms with Gasteiger partial charge in [-0.3, -0.25) is 4.57 Å². The summed E-state index contributed by atoms with van der Waals surface area (Å²) in [7, 11) is -1.09. The van der Waals surface area contributed by atoms with Gasteiger partial charge < -0.3 is 4.74 Å². The van der Waals surface area contributed by atoms with Gasteiger partial charge in [-0.15, -0.1) is 0 Å². The summed E-state index contributed by atoms with van der Waals surface area (Å²) < 4.78 is 10.1. The zero-order chi connectivity index (χ0) is 18.1. The molecule has 3 heterocycles. The molecule has 0 radical (unpaired) electrons. The van der Waals surface area contributed by atoms with Gasteiger partial charge in [0, 0.05) is 32.6 Å². The lowest BCUT2D eigenvalue weighted by molar-refractivity contribution is 0.0909. The van der Waals surface area contributed by atoms with Gasteiger partial charge in [-0.1, -0.05) is 31.8 Å². The van der Waals surface area contributed by atoms with E-state index in [1.807, 2.05) is 41.2 Å². The van der Waals surface area contributed by atoms with Crippen molar-refractivity contribution in [2.45, 2.75) is 32.4 Å². The number of ether oxygens (including phenoxy) is 1. The highest BCUT2D eigenvalue weighted by atomic mass is 28.3. The van der Waals surface area contributed by atoms with E-state index in [2.05, 4.69) is 47.5 Å². The minimum atomic E-state index is -1.09. The second-order valence-corrected chi connectivity index (χ2v) is 13.4. The predicted molar refractivity (Wildman–Crippen MR) is 108 cm³/mol. The van der Waals surface area contributed by atoms with Crippen LogP contribution < -0.4 is 0 Å². The van der Waals surface area contributed by atoms with Crippen LogP contribution in [0.5, 0.6) is 0 Å². The molecule has 4 aromatic rings. The highest BCUT2D eigenvalue weighted by molar-refractivity contribution is 6.76. The van der Waals surface area contributed by atoms with E-state index in [9.17, 15) is 0 Å². The minimum Gasteiger partial charge on any atom is -0.361 e. The topological polar surface area (TPSA) is 44.4 Å². The summed E-state index contributed by atoms with van der Waals surface area (Å²) in [6, 6.07) is 15.5. The maximum absolute atomic E-state index is 6.03. The molecule has 0 spiro atoms. The molecule has 0 fully saturated rings. The third-order valence-corrected chi connectivity index (χ3v) is 6.23. The summed E-state index contributed by atoms with van der Waals surface area (Å²) in [5, 5.41) is 4.34. The van der Waals surface area contributed by atoms with Crippen molar-refractivity contribution in [3.63, 3.8) is 0 Å². The molecule has 0 bridgehead atoms. The Bertz CT molecular complexity index is 1040. The number of fused-ring (bicyclic) bond motifs is 2. The lowest BCUT2D eigenvalue weighted by Gasteiger charge is -2.16. The van der Waals surface area contributed by atoms with E-state index in [0.717, 1.165) is 40.6 Å². The summed E-state index contributed by atoms with van der Waals surface area (Å²) >= 11 is 0. The normalized spacial score (nSPS) is 12.3. The van der Waals surface area contributed by atoms with Crippen molar-refractivity contribution in [3.05, 3.63) is 54.9 Å². The first-order valence-corrected chi connectivity index (χ1v) is 12.7. The number of benzene rings is 1. The van der Waals surface area contributed by atoms with Crippen LogP contribution in [0.3, 0.4) is 0 Å². The fourth-order valence-corrected chi connectivity index (χ4v) is 3.76. The number of imidazole rings is 1. The second-order valence-electron chi connectivity index (χ2n) is 7.82. The summed E-state index contributed by atoms with van der Waals surface area (Å²) in [5.74, 6) is 0.914. The molecule has 0 saturated heterocycles. The summed E-state index contributed by atoms with van der Waals surface area (Å²) in [5.41, 5.74) is 4.18. The van der Waals surface area contributed by atoms with Crippen molar-refractivity contribution in [3.8, 4) is 11.4 Å². The van der Waals surface area contributed by atoms with Crippen LogP contribution in [0.15, 0.2) is 54.9 Å². The molecule has 0 aliphatic rings. The zero-order valence-corrected chi connectivity index (χ0v) is 16.5. The Labute approximate surface area is 154 Å². The SMILES string of the molecule is C[Si](C)(C)CCOCn1c(-c2ccc3ccnn3c2)nc2ccccc21. The molecular weight excluding hydrogens is 340 g/mol. The molecule has 0 unspecified atom stereocenters. The Morgan fingerprint density at radius 1 is 1.04 bits per heavy atom. The van der Waals surface area contributed by atoms with E-state index in [0.29, 0.717) is 6.73 Å². The van der Waals surface area contributed by atoms with Gasteiger partial charge in [0.25, 0.3) is 0 Å². The van der Waals surface area contributed by atoms with Gasteiger partial charge in [-0.25, -0.2) is 9.50 Å². The molecule has 5 nitrogen and oxygen atoms in total. The molecule has 0 N–H and O–H groups in total. The van der Waals surface area contributed by atoms with Gasteiger partial charge in [-0.05, 0) is 36.4 Å². The van der Waals surface area contributed by atoms with Gasteiger partial charge in [0.1, 0.15) is 12.6 Å². The van der Waals surface area contributed by atoms with Crippen LogP contribution in [-0.2, 0) is 11.5 Å². The molecule has 0 aliphatic heterocycles. The van der Waals surface area contributed by atoms with Crippen LogP contribution in [0.25, 0.3) is 27.9 Å². The Morgan fingerprint density at radius 2 is 1.88 bits per heavy atom. The van der Waals surface area contributed by atoms with E-state index < -0.39 is 8.07 Å². The molecule has 134 valence electrons. The monoisotopic (exact) mass is 364 g/mol. The van der Waals surface area contributed by atoms with Gasteiger partial charge in [0.2, 0.25) is 0 Å². The molecule has 0 amide bonds. The van der Waals surface area contributed by atoms with Crippen LogP contribution in [0, 0.1) is 0 Å². The van der Waals surface area contributed by atoms with Gasteiger partial charge in [-0.2, -0.15) is 5.10 Å². The van der Waals surface area contributed by atoms with E-state index >= 15 is 0 Å². The minimum absolute atomic E-state index is 0.511. The molecule has 4 rings (SSSR count). The molecule has 0 saturated carbocycles. The molecular formula is C20H24N4OSi. The molecule has 0 atom stereocenters. The molecule has 0 aliphatic carbocycles. The third kappa shape index (κ3) is 3.43. The third-order valence-electron chi connectivity index (χ3n) is 4.53. The van der Waals surface area contributed by atoms with E-state index in [1.165, 1.54) is 0 Å². The fraction of sp³-hybridized carbons (Fsp3) is 0.300. The lowest BCUT2D eigenvalue weighted by Crippen LogP contribution is -2.22. The Hall–Kier alpha value is -2.44. The lowest BCUT2D eigenvalue weighted by atomic mass is 10.2. The maximum Gasteiger partial charge on any atom is 0.144 e. The zero-order valence-electron chi connectivity index (χ0n) is 15.5. The molecule has 3 aromatic heterocycles. The first-order valence-electron chi connectivity index (χ1n) is 8.98. The molecule has 6 heteroatoms. The summed E-state index contributed by atoms with van der Waals surface area (Å²) in [6.07, 6.45) is 3.83. The van der Waals surface area contributed by atoms with E-state index in [-0.39, 0.29) is 0 Å². The fourth-order valence-electron chi connectivity index (χ4n) is 3.01. The Balaban J connectivity index is 1.69. The number of aromatic nitrogens is 4. The van der Waals surface area contributed by atoms with Crippen LogP contribution >= 0.6 is 0 Å². The van der Waals surface area contributed by atoms with Crippen LogP contribution in [0.1, 0.15) is 0 Å². The van der Waals surface area contributed by atoms with Crippen molar-refractivity contribution in [2.24, 2.45) is 0 Å². The smallest absolute Gasteiger partial charge is 0.144 e. The van der Waals surface area contributed by atoms with Crippen molar-refractivity contribution < 1.29 is 4.74 Å². The largest absolute Gasteiger partial charge is 0.361 e. The highest BCUT2D eigenvalue weighted by Gasteiger charge is 2.15. The number of nitrogens with zero attached hydrogens (tertiary/aromatic N) is 4. The van der Waals surface area contributed by atoms with E-state index in [4.69, 9.17) is 9.72 Å². The predicted octanol–water partition coefficient (Wildman–Crippen LogP) is 4.66. The van der Waals surface area contributed by atoms with Gasteiger partial charge >= 0.3 is 0 Å². The number of pyridine rings is 1. The number of rotatable bonds is 6. The van der Waals surface area contributed by atoms with Crippen molar-refractivity contribution in [1.82, 2.24) is 19.2 Å². The van der Waals surface area contributed by atoms with Gasteiger partial charge in [0.05, 0.1) is 16.6 Å². The quantitative estimate of drug-likeness (QED) is 0.369. The summed E-state index contributed by atoms with van der Waals surface area (Å²) in [6.45, 7) is 8.41. The molecule has 1 aromatic carbocycles. The average molecular weight is 365 g/mol. The first-order chi connectivity index (χ1) is 12.5. The second kappa shape index (κ2) is 6.70. The van der Waals surface area contributed by atoms with Crippen molar-refractivity contribution >= 4 is 24.6 Å². The number of para-hydroxylation sites is 2. The highest BCUT2D eigenvalue weighted by Crippen LogP contribution is 2.25. The van der Waals surface area contributed by atoms with Gasteiger partial charge in [0.15, 0.2) is 0 Å². The van der Waals surface area contributed by atoms with E-state index in [1.54, 1.807) is 0 Å². The molecule has 26 heavy (non-hydrogen) atoms. The number of hydrogen-bond acceptors (Lipinski definition) is 3. The Kier molecular flexibility index (Phi) is 4.38. The van der Waals surface area contributed by atoms with Crippen molar-refractivity contribution in [1.29, 1.82) is 0 Å². The maximum atomic E-state index is 6.03. The average Bonchev–Trinajstić information content (AvgIpc) is 3.21. The van der Waals surface area contributed by atoms with Crippen LogP contribution in [-0.4, -0.2) is 33.8 Å². The van der Waals surface area contributed by atoms with Crippen LogP contribution in [0.2, 0.25) is 25.7 Å². The Morgan fingerprint density at radius 3 is 2.73 bits per heavy atom. The van der Waals surface area contributed by atoms with Crippen LogP contribution in [0.4, 0.5) is 0 Å². The standard InChI is InChI=1S/C20H24N4OSi/c1-26(2,3)13-12-25-15-23-19-7-5-4-6-18(19)22-20(23)16-8-9-17-10-11-21-24(17)14-16/h4-11,14H,12-13,15H2,1-3H3. The summed E-state index contributed by atoms with van der Waals surface area (Å²) in [4.78, 5) is 4.85. The first kappa shape index (κ1) is 17.0. The van der Waals surface area contributed by atoms with Crippen molar-refractivity contribution in [2.75, 3.05) is 6.61 Å².